The minimum absolute atomic E-state index is 0.165. The lowest BCUT2D eigenvalue weighted by atomic mass is 10.0. The maximum absolute atomic E-state index is 13.7. The van der Waals surface area contributed by atoms with Crippen molar-refractivity contribution < 1.29 is 4.39 Å². The Morgan fingerprint density at radius 3 is 2.59 bits per heavy atom. The van der Waals surface area contributed by atoms with Crippen LogP contribution in [0.3, 0.4) is 0 Å². The highest BCUT2D eigenvalue weighted by Crippen LogP contribution is 2.40. The smallest absolute Gasteiger partial charge is 0.129 e. The normalized spacial score (nSPS) is 27.5. The minimum Gasteiger partial charge on any atom is -0.371 e. The van der Waals surface area contributed by atoms with Gasteiger partial charge in [-0.3, -0.25) is 0 Å². The number of hydrogen-bond acceptors (Lipinski definition) is 2. The highest BCUT2D eigenvalue weighted by atomic mass is 19.1. The Hall–Kier alpha value is -1.09. The van der Waals surface area contributed by atoms with Gasteiger partial charge in [-0.05, 0) is 36.8 Å². The summed E-state index contributed by atoms with van der Waals surface area (Å²) in [7, 11) is 0. The SMILES string of the molecule is NCc1c(F)cccc1N1CC2CCCC2C1. The van der Waals surface area contributed by atoms with Crippen LogP contribution < -0.4 is 10.6 Å². The average Bonchev–Trinajstić information content (AvgIpc) is 2.88. The quantitative estimate of drug-likeness (QED) is 0.852. The molecule has 92 valence electrons. The molecule has 1 saturated carbocycles. The number of halogens is 1. The molecule has 2 fully saturated rings. The fraction of sp³-hybridized carbons (Fsp3) is 0.571. The predicted octanol–water partition coefficient (Wildman–Crippen LogP) is 2.52. The van der Waals surface area contributed by atoms with Crippen molar-refractivity contribution in [1.29, 1.82) is 0 Å². The lowest BCUT2D eigenvalue weighted by molar-refractivity contribution is 0.494. The Morgan fingerprint density at radius 1 is 1.24 bits per heavy atom. The number of nitrogens with two attached hydrogens (primary N) is 1. The van der Waals surface area contributed by atoms with E-state index in [1.165, 1.54) is 25.3 Å². The van der Waals surface area contributed by atoms with E-state index in [9.17, 15) is 4.39 Å². The van der Waals surface area contributed by atoms with Crippen molar-refractivity contribution in [1.82, 2.24) is 0 Å². The molecule has 1 aliphatic heterocycles. The van der Waals surface area contributed by atoms with Crippen LogP contribution in [0.4, 0.5) is 10.1 Å². The molecule has 1 aromatic rings. The number of fused-ring (bicyclic) bond motifs is 1. The first kappa shape index (κ1) is 11.0. The van der Waals surface area contributed by atoms with Gasteiger partial charge in [0.1, 0.15) is 5.82 Å². The molecule has 1 aliphatic carbocycles. The van der Waals surface area contributed by atoms with Crippen LogP contribution in [0.15, 0.2) is 18.2 Å². The van der Waals surface area contributed by atoms with Crippen molar-refractivity contribution in [3.8, 4) is 0 Å². The molecule has 2 unspecified atom stereocenters. The average molecular weight is 234 g/mol. The molecule has 0 amide bonds. The zero-order valence-electron chi connectivity index (χ0n) is 10.0. The summed E-state index contributed by atoms with van der Waals surface area (Å²) in [5.74, 6) is 1.48. The van der Waals surface area contributed by atoms with Crippen molar-refractivity contribution in [2.75, 3.05) is 18.0 Å². The second kappa shape index (κ2) is 4.30. The number of hydrogen-bond donors (Lipinski definition) is 1. The zero-order chi connectivity index (χ0) is 11.8. The van der Waals surface area contributed by atoms with Gasteiger partial charge in [-0.15, -0.1) is 0 Å². The maximum atomic E-state index is 13.7. The summed E-state index contributed by atoms with van der Waals surface area (Å²) in [6.07, 6.45) is 4.05. The Bertz CT molecular complexity index is 407. The van der Waals surface area contributed by atoms with Crippen molar-refractivity contribution in [3.63, 3.8) is 0 Å². The molecule has 0 aromatic heterocycles. The lowest BCUT2D eigenvalue weighted by Gasteiger charge is -2.22. The molecule has 2 nitrogen and oxygen atoms in total. The number of rotatable bonds is 2. The second-order valence-electron chi connectivity index (χ2n) is 5.30. The van der Waals surface area contributed by atoms with Crippen LogP contribution in [0.5, 0.6) is 0 Å². The second-order valence-corrected chi connectivity index (χ2v) is 5.30. The standard InChI is InChI=1S/C14H19FN2/c15-13-5-2-6-14(12(13)7-16)17-8-10-3-1-4-11(10)9-17/h2,5-6,10-11H,1,3-4,7-9,16H2. The van der Waals surface area contributed by atoms with Gasteiger partial charge >= 0.3 is 0 Å². The van der Waals surface area contributed by atoms with Gasteiger partial charge in [0.15, 0.2) is 0 Å². The molecule has 17 heavy (non-hydrogen) atoms. The third kappa shape index (κ3) is 1.82. The van der Waals surface area contributed by atoms with Crippen LogP contribution in [0.2, 0.25) is 0 Å². The largest absolute Gasteiger partial charge is 0.371 e. The molecule has 2 aliphatic rings. The molecule has 1 heterocycles. The van der Waals surface area contributed by atoms with Gasteiger partial charge in [0, 0.05) is 30.9 Å². The lowest BCUT2D eigenvalue weighted by Crippen LogP contribution is -2.23. The Balaban J connectivity index is 1.88. The van der Waals surface area contributed by atoms with Crippen molar-refractivity contribution in [2.45, 2.75) is 25.8 Å². The first-order chi connectivity index (χ1) is 8.29. The maximum Gasteiger partial charge on any atom is 0.129 e. The van der Waals surface area contributed by atoms with Gasteiger partial charge in [0.25, 0.3) is 0 Å². The summed E-state index contributed by atoms with van der Waals surface area (Å²) < 4.78 is 13.7. The molecule has 3 heteroatoms. The fourth-order valence-corrected chi connectivity index (χ4v) is 3.48. The minimum atomic E-state index is -0.165. The van der Waals surface area contributed by atoms with Gasteiger partial charge in [-0.25, -0.2) is 4.39 Å². The molecule has 1 saturated heterocycles. The third-order valence-corrected chi connectivity index (χ3v) is 4.37. The highest BCUT2D eigenvalue weighted by Gasteiger charge is 2.36. The summed E-state index contributed by atoms with van der Waals surface area (Å²) in [4.78, 5) is 2.33. The van der Waals surface area contributed by atoms with Gasteiger partial charge in [0.2, 0.25) is 0 Å². The topological polar surface area (TPSA) is 29.3 Å². The summed E-state index contributed by atoms with van der Waals surface area (Å²) in [5.41, 5.74) is 7.36. The number of benzene rings is 1. The van der Waals surface area contributed by atoms with E-state index in [2.05, 4.69) is 4.90 Å². The summed E-state index contributed by atoms with van der Waals surface area (Å²) in [6.45, 7) is 2.45. The molecule has 0 spiro atoms. The van der Waals surface area contributed by atoms with Crippen molar-refractivity contribution in [3.05, 3.63) is 29.6 Å². The third-order valence-electron chi connectivity index (χ3n) is 4.37. The highest BCUT2D eigenvalue weighted by molar-refractivity contribution is 5.55. The van der Waals surface area contributed by atoms with E-state index in [-0.39, 0.29) is 12.4 Å². The fourth-order valence-electron chi connectivity index (χ4n) is 3.48. The molecule has 2 N–H and O–H groups in total. The first-order valence-corrected chi connectivity index (χ1v) is 6.52. The predicted molar refractivity (Wildman–Crippen MR) is 67.3 cm³/mol. The van der Waals surface area contributed by atoms with Crippen LogP contribution in [0.1, 0.15) is 24.8 Å². The summed E-state index contributed by atoms with van der Waals surface area (Å²) >= 11 is 0. The molecule has 0 bridgehead atoms. The Kier molecular flexibility index (Phi) is 2.79. The van der Waals surface area contributed by atoms with E-state index >= 15 is 0 Å². The first-order valence-electron chi connectivity index (χ1n) is 6.52. The van der Waals surface area contributed by atoms with Crippen LogP contribution in [0.25, 0.3) is 0 Å². The van der Waals surface area contributed by atoms with E-state index in [0.29, 0.717) is 5.56 Å². The number of nitrogens with zero attached hydrogens (tertiary/aromatic N) is 1. The van der Waals surface area contributed by atoms with Crippen LogP contribution in [-0.2, 0) is 6.54 Å². The molecular formula is C14H19FN2. The molecule has 0 radical (unpaired) electrons. The molecule has 3 rings (SSSR count). The van der Waals surface area contributed by atoms with E-state index in [1.807, 2.05) is 6.07 Å². The zero-order valence-corrected chi connectivity index (χ0v) is 10.0. The molecule has 2 atom stereocenters. The summed E-state index contributed by atoms with van der Waals surface area (Å²) in [5, 5.41) is 0. The monoisotopic (exact) mass is 234 g/mol. The van der Waals surface area contributed by atoms with Gasteiger partial charge < -0.3 is 10.6 Å². The van der Waals surface area contributed by atoms with Crippen LogP contribution in [-0.4, -0.2) is 13.1 Å². The number of anilines is 1. The van der Waals surface area contributed by atoms with Crippen molar-refractivity contribution >= 4 is 5.69 Å². The summed E-state index contributed by atoms with van der Waals surface area (Å²) in [6, 6.07) is 5.30. The van der Waals surface area contributed by atoms with E-state index in [4.69, 9.17) is 5.73 Å². The van der Waals surface area contributed by atoms with E-state index in [0.717, 1.165) is 30.6 Å². The van der Waals surface area contributed by atoms with Crippen LogP contribution in [0, 0.1) is 17.7 Å². The molecular weight excluding hydrogens is 215 g/mol. The molecule has 1 aromatic carbocycles. The van der Waals surface area contributed by atoms with E-state index < -0.39 is 0 Å². The Morgan fingerprint density at radius 2 is 1.94 bits per heavy atom. The van der Waals surface area contributed by atoms with Crippen LogP contribution >= 0.6 is 0 Å². The van der Waals surface area contributed by atoms with Gasteiger partial charge in [-0.1, -0.05) is 12.5 Å². The van der Waals surface area contributed by atoms with Gasteiger partial charge in [-0.2, -0.15) is 0 Å². The van der Waals surface area contributed by atoms with E-state index in [1.54, 1.807) is 6.07 Å². The Labute approximate surface area is 102 Å². The van der Waals surface area contributed by atoms with Gasteiger partial charge in [0.05, 0.1) is 0 Å². The van der Waals surface area contributed by atoms with Crippen molar-refractivity contribution in [2.24, 2.45) is 17.6 Å².